The molecule has 2 aromatic carbocycles. The molecule has 8 heteroatoms. The Morgan fingerprint density at radius 2 is 1.52 bits per heavy atom. The van der Waals surface area contributed by atoms with Gasteiger partial charge in [0, 0.05) is 29.5 Å². The highest BCUT2D eigenvalue weighted by atomic mass is 35.5. The van der Waals surface area contributed by atoms with Crippen LogP contribution in [0.1, 0.15) is 25.7 Å². The Labute approximate surface area is 180 Å². The van der Waals surface area contributed by atoms with Crippen LogP contribution in [0.5, 0.6) is 5.75 Å². The van der Waals surface area contributed by atoms with E-state index in [1.807, 2.05) is 4.90 Å². The van der Waals surface area contributed by atoms with Crippen LogP contribution in [0.4, 0.5) is 16.2 Å². The van der Waals surface area contributed by atoms with Crippen molar-refractivity contribution in [2.24, 2.45) is 0 Å². The number of amides is 3. The summed E-state index contributed by atoms with van der Waals surface area (Å²) in [6.07, 6.45) is 4.43. The predicted octanol–water partition coefficient (Wildman–Crippen LogP) is 5.42. The first-order valence-electron chi connectivity index (χ1n) is 9.55. The number of nitrogens with one attached hydrogen (secondary N) is 2. The number of anilines is 2. The van der Waals surface area contributed by atoms with Crippen molar-refractivity contribution in [3.63, 3.8) is 0 Å². The summed E-state index contributed by atoms with van der Waals surface area (Å²) < 4.78 is 5.41. The molecule has 154 valence electrons. The third kappa shape index (κ3) is 6.54. The van der Waals surface area contributed by atoms with Crippen LogP contribution in [-0.2, 0) is 4.79 Å². The Kier molecular flexibility index (Phi) is 7.61. The molecule has 1 aliphatic heterocycles. The second-order valence-corrected chi connectivity index (χ2v) is 7.66. The standard InChI is InChI=1S/C21H23Cl2N3O3/c22-15-5-10-19(18(23)13-15)29-14-20(27)24-16-6-8-17(9-7-16)25-21(28)26-11-3-1-2-4-12-26/h5-10,13H,1-4,11-12,14H2,(H,24,27)(H,25,28). The maximum absolute atomic E-state index is 12.4. The normalized spacial score (nSPS) is 14.1. The van der Waals surface area contributed by atoms with Crippen LogP contribution in [-0.4, -0.2) is 36.5 Å². The molecular weight excluding hydrogens is 413 g/mol. The van der Waals surface area contributed by atoms with Crippen molar-refractivity contribution in [2.75, 3.05) is 30.3 Å². The van der Waals surface area contributed by atoms with Crippen molar-refractivity contribution in [1.29, 1.82) is 0 Å². The van der Waals surface area contributed by atoms with Crippen molar-refractivity contribution in [1.82, 2.24) is 4.90 Å². The molecule has 0 radical (unpaired) electrons. The molecule has 1 heterocycles. The van der Waals surface area contributed by atoms with E-state index >= 15 is 0 Å². The first-order chi connectivity index (χ1) is 14.0. The third-order valence-corrected chi connectivity index (χ3v) is 5.10. The number of nitrogens with zero attached hydrogens (tertiary/aromatic N) is 1. The fourth-order valence-electron chi connectivity index (χ4n) is 3.05. The summed E-state index contributed by atoms with van der Waals surface area (Å²) in [6, 6.07) is 11.7. The van der Waals surface area contributed by atoms with Crippen LogP contribution in [0, 0.1) is 0 Å². The zero-order chi connectivity index (χ0) is 20.6. The highest BCUT2D eigenvalue weighted by Gasteiger charge is 2.15. The fraction of sp³-hybridized carbons (Fsp3) is 0.333. The summed E-state index contributed by atoms with van der Waals surface area (Å²) in [5.74, 6) is 0.0650. The molecule has 1 saturated heterocycles. The van der Waals surface area contributed by atoms with Crippen LogP contribution in [0.25, 0.3) is 0 Å². The summed E-state index contributed by atoms with van der Waals surface area (Å²) in [5, 5.41) is 6.48. The molecule has 2 aromatic rings. The topological polar surface area (TPSA) is 70.7 Å². The third-order valence-electron chi connectivity index (χ3n) is 4.57. The van der Waals surface area contributed by atoms with E-state index in [1.165, 1.54) is 12.8 Å². The number of carbonyl (C=O) groups excluding carboxylic acids is 2. The van der Waals surface area contributed by atoms with Crippen molar-refractivity contribution in [2.45, 2.75) is 25.7 Å². The molecule has 3 rings (SSSR count). The molecule has 0 spiro atoms. The minimum absolute atomic E-state index is 0.0862. The fourth-order valence-corrected chi connectivity index (χ4v) is 3.51. The summed E-state index contributed by atoms with van der Waals surface area (Å²) in [6.45, 7) is 1.39. The SMILES string of the molecule is O=C(COc1ccc(Cl)cc1Cl)Nc1ccc(NC(=O)N2CCCCCC2)cc1. The zero-order valence-electron chi connectivity index (χ0n) is 15.9. The maximum atomic E-state index is 12.4. The van der Waals surface area contributed by atoms with Crippen molar-refractivity contribution >= 4 is 46.5 Å². The van der Waals surface area contributed by atoms with Gasteiger partial charge >= 0.3 is 6.03 Å². The molecule has 1 aliphatic rings. The largest absolute Gasteiger partial charge is 0.482 e. The molecule has 0 bridgehead atoms. The van der Waals surface area contributed by atoms with Gasteiger partial charge in [0.15, 0.2) is 6.61 Å². The molecule has 6 nitrogen and oxygen atoms in total. The predicted molar refractivity (Wildman–Crippen MR) is 116 cm³/mol. The zero-order valence-corrected chi connectivity index (χ0v) is 17.4. The Morgan fingerprint density at radius 1 is 0.897 bits per heavy atom. The van der Waals surface area contributed by atoms with Crippen LogP contribution in [0.3, 0.4) is 0 Å². The number of ether oxygens (including phenoxy) is 1. The van der Waals surface area contributed by atoms with Crippen LogP contribution >= 0.6 is 23.2 Å². The number of halogens is 2. The quantitative estimate of drug-likeness (QED) is 0.658. The van der Waals surface area contributed by atoms with Crippen molar-refractivity contribution in [3.8, 4) is 5.75 Å². The Bertz CT molecular complexity index is 851. The number of hydrogen-bond donors (Lipinski definition) is 2. The number of urea groups is 1. The van der Waals surface area contributed by atoms with E-state index < -0.39 is 0 Å². The van der Waals surface area contributed by atoms with Gasteiger partial charge in [-0.25, -0.2) is 4.79 Å². The molecule has 0 unspecified atom stereocenters. The van der Waals surface area contributed by atoms with Gasteiger partial charge in [0.05, 0.1) is 5.02 Å². The van der Waals surface area contributed by atoms with E-state index in [1.54, 1.807) is 42.5 Å². The monoisotopic (exact) mass is 435 g/mol. The van der Waals surface area contributed by atoms with Gasteiger partial charge in [0.25, 0.3) is 5.91 Å². The molecular formula is C21H23Cl2N3O3. The number of hydrogen-bond acceptors (Lipinski definition) is 3. The van der Waals surface area contributed by atoms with Crippen LogP contribution < -0.4 is 15.4 Å². The highest BCUT2D eigenvalue weighted by Crippen LogP contribution is 2.27. The van der Waals surface area contributed by atoms with E-state index in [-0.39, 0.29) is 18.5 Å². The van der Waals surface area contributed by atoms with Gasteiger partial charge in [-0.05, 0) is 55.3 Å². The van der Waals surface area contributed by atoms with E-state index in [4.69, 9.17) is 27.9 Å². The molecule has 29 heavy (non-hydrogen) atoms. The summed E-state index contributed by atoms with van der Waals surface area (Å²) in [7, 11) is 0. The second-order valence-electron chi connectivity index (χ2n) is 6.82. The van der Waals surface area contributed by atoms with Crippen molar-refractivity contribution in [3.05, 3.63) is 52.5 Å². The molecule has 2 N–H and O–H groups in total. The lowest BCUT2D eigenvalue weighted by atomic mass is 10.2. The van der Waals surface area contributed by atoms with Crippen LogP contribution in [0.2, 0.25) is 10.0 Å². The number of rotatable bonds is 5. The second kappa shape index (κ2) is 10.4. The minimum atomic E-state index is -0.322. The summed E-state index contributed by atoms with van der Waals surface area (Å²) in [5.41, 5.74) is 1.29. The first kappa shape index (κ1) is 21.3. The van der Waals surface area contributed by atoms with Gasteiger partial charge in [-0.3, -0.25) is 4.79 Å². The van der Waals surface area contributed by atoms with Gasteiger partial charge in [0.2, 0.25) is 0 Å². The number of benzene rings is 2. The average Bonchev–Trinajstić information content (AvgIpc) is 2.98. The highest BCUT2D eigenvalue weighted by molar-refractivity contribution is 6.35. The summed E-state index contributed by atoms with van der Waals surface area (Å²) in [4.78, 5) is 26.3. The lowest BCUT2D eigenvalue weighted by molar-refractivity contribution is -0.118. The smallest absolute Gasteiger partial charge is 0.321 e. The maximum Gasteiger partial charge on any atom is 0.321 e. The van der Waals surface area contributed by atoms with Crippen LogP contribution in [0.15, 0.2) is 42.5 Å². The first-order valence-corrected chi connectivity index (χ1v) is 10.3. The summed E-state index contributed by atoms with van der Waals surface area (Å²) >= 11 is 11.9. The molecule has 0 aromatic heterocycles. The lowest BCUT2D eigenvalue weighted by Crippen LogP contribution is -2.35. The molecule has 0 aliphatic carbocycles. The van der Waals surface area contributed by atoms with Gasteiger partial charge in [-0.15, -0.1) is 0 Å². The Balaban J connectivity index is 1.48. The molecule has 1 fully saturated rings. The van der Waals surface area contributed by atoms with E-state index in [9.17, 15) is 9.59 Å². The molecule has 0 saturated carbocycles. The van der Waals surface area contributed by atoms with Gasteiger partial charge < -0.3 is 20.3 Å². The number of likely N-dealkylation sites (tertiary alicyclic amines) is 1. The Morgan fingerprint density at radius 3 is 2.14 bits per heavy atom. The van der Waals surface area contributed by atoms with E-state index in [0.717, 1.165) is 25.9 Å². The van der Waals surface area contributed by atoms with E-state index in [0.29, 0.717) is 27.2 Å². The Hall–Kier alpha value is -2.44. The molecule has 3 amide bonds. The van der Waals surface area contributed by atoms with Gasteiger partial charge in [0.1, 0.15) is 5.75 Å². The minimum Gasteiger partial charge on any atom is -0.482 e. The van der Waals surface area contributed by atoms with E-state index in [2.05, 4.69) is 10.6 Å². The van der Waals surface area contributed by atoms with Gasteiger partial charge in [-0.2, -0.15) is 0 Å². The average molecular weight is 436 g/mol. The molecule has 0 atom stereocenters. The lowest BCUT2D eigenvalue weighted by Gasteiger charge is -2.20. The van der Waals surface area contributed by atoms with Gasteiger partial charge in [-0.1, -0.05) is 36.0 Å². The number of carbonyl (C=O) groups is 2. The van der Waals surface area contributed by atoms with Crippen molar-refractivity contribution < 1.29 is 14.3 Å².